The summed E-state index contributed by atoms with van der Waals surface area (Å²) in [6, 6.07) is 0.514. The van der Waals surface area contributed by atoms with Crippen LogP contribution >= 0.6 is 11.8 Å². The Labute approximate surface area is 109 Å². The lowest BCUT2D eigenvalue weighted by atomic mass is 9.89. The molecule has 1 unspecified atom stereocenters. The number of carbonyl (C=O) groups is 1. The van der Waals surface area contributed by atoms with E-state index in [1.165, 1.54) is 24.3 Å². The molecule has 0 amide bonds. The summed E-state index contributed by atoms with van der Waals surface area (Å²) in [5.41, 5.74) is -0.616. The minimum Gasteiger partial charge on any atom is -0.481 e. The summed E-state index contributed by atoms with van der Waals surface area (Å²) in [4.78, 5) is 11.0. The molecule has 0 aromatic heterocycles. The second kappa shape index (κ2) is 6.64. The molecule has 0 radical (unpaired) electrons. The standard InChI is InChI=1S/C13H25NO2S/c1-10(11-4-8-17-9-5-11)14-7-6-13(2,3)12(15)16/h10-11,14H,4-9H2,1-3H3,(H,15,16). The normalized spacial score (nSPS) is 20.2. The number of nitrogens with one attached hydrogen (secondary N) is 1. The van der Waals surface area contributed by atoms with Crippen molar-refractivity contribution in [2.24, 2.45) is 11.3 Å². The van der Waals surface area contributed by atoms with E-state index < -0.39 is 11.4 Å². The van der Waals surface area contributed by atoms with Crippen molar-refractivity contribution < 1.29 is 9.90 Å². The smallest absolute Gasteiger partial charge is 0.309 e. The van der Waals surface area contributed by atoms with Gasteiger partial charge in [-0.2, -0.15) is 11.8 Å². The first-order valence-electron chi connectivity index (χ1n) is 6.48. The molecular formula is C13H25NO2S. The average molecular weight is 259 g/mol. The molecule has 1 atom stereocenters. The van der Waals surface area contributed by atoms with Crippen LogP contribution in [0.2, 0.25) is 0 Å². The Hall–Kier alpha value is -0.220. The Morgan fingerprint density at radius 2 is 2.06 bits per heavy atom. The minimum atomic E-state index is -0.707. The first kappa shape index (κ1) is 14.8. The van der Waals surface area contributed by atoms with E-state index in [0.29, 0.717) is 12.5 Å². The van der Waals surface area contributed by atoms with Gasteiger partial charge in [0.2, 0.25) is 0 Å². The van der Waals surface area contributed by atoms with Gasteiger partial charge in [-0.3, -0.25) is 4.79 Å². The van der Waals surface area contributed by atoms with Crippen LogP contribution in [0.4, 0.5) is 0 Å². The number of hydrogen-bond donors (Lipinski definition) is 2. The maximum Gasteiger partial charge on any atom is 0.309 e. The van der Waals surface area contributed by atoms with Crippen LogP contribution in [-0.4, -0.2) is 35.2 Å². The number of carboxylic acid groups (broad SMARTS) is 1. The summed E-state index contributed by atoms with van der Waals surface area (Å²) >= 11 is 2.04. The highest BCUT2D eigenvalue weighted by Gasteiger charge is 2.27. The largest absolute Gasteiger partial charge is 0.481 e. The van der Waals surface area contributed by atoms with Gasteiger partial charge in [-0.15, -0.1) is 0 Å². The third-order valence-corrected chi connectivity index (χ3v) is 4.82. The maximum absolute atomic E-state index is 11.0. The molecule has 1 rings (SSSR count). The van der Waals surface area contributed by atoms with E-state index in [4.69, 9.17) is 5.11 Å². The SMILES string of the molecule is CC(NCCC(C)(C)C(=O)O)C1CCSCC1. The second-order valence-corrected chi connectivity index (χ2v) is 6.86. The lowest BCUT2D eigenvalue weighted by Gasteiger charge is -2.29. The number of thioether (sulfide) groups is 1. The quantitative estimate of drug-likeness (QED) is 0.770. The molecule has 3 nitrogen and oxygen atoms in total. The van der Waals surface area contributed by atoms with E-state index in [2.05, 4.69) is 12.2 Å². The first-order valence-corrected chi connectivity index (χ1v) is 7.63. The Kier molecular flexibility index (Phi) is 5.80. The molecule has 0 aromatic rings. The lowest BCUT2D eigenvalue weighted by molar-refractivity contribution is -0.147. The molecule has 1 heterocycles. The summed E-state index contributed by atoms with van der Waals surface area (Å²) in [6.45, 7) is 6.61. The fraction of sp³-hybridized carbons (Fsp3) is 0.923. The van der Waals surface area contributed by atoms with E-state index in [9.17, 15) is 4.79 Å². The molecule has 4 heteroatoms. The van der Waals surface area contributed by atoms with Gasteiger partial charge in [0.1, 0.15) is 0 Å². The summed E-state index contributed by atoms with van der Waals surface area (Å²) in [5, 5.41) is 12.5. The molecule has 1 aliphatic heterocycles. The van der Waals surface area contributed by atoms with Gasteiger partial charge in [0.05, 0.1) is 5.41 Å². The molecule has 0 aromatic carbocycles. The van der Waals surface area contributed by atoms with Crippen LogP contribution in [0.5, 0.6) is 0 Å². The molecule has 1 fully saturated rings. The van der Waals surface area contributed by atoms with Crippen molar-refractivity contribution in [3.63, 3.8) is 0 Å². The zero-order valence-electron chi connectivity index (χ0n) is 11.2. The summed E-state index contributed by atoms with van der Waals surface area (Å²) in [6.07, 6.45) is 3.27. The third-order valence-electron chi connectivity index (χ3n) is 3.77. The van der Waals surface area contributed by atoms with E-state index in [1.54, 1.807) is 13.8 Å². The first-order chi connectivity index (χ1) is 7.93. The van der Waals surface area contributed by atoms with Gasteiger partial charge in [0.25, 0.3) is 0 Å². The van der Waals surface area contributed by atoms with E-state index in [0.717, 1.165) is 12.5 Å². The monoisotopic (exact) mass is 259 g/mol. The average Bonchev–Trinajstić information content (AvgIpc) is 2.29. The van der Waals surface area contributed by atoms with Crippen LogP contribution in [0.15, 0.2) is 0 Å². The van der Waals surface area contributed by atoms with Crippen LogP contribution in [0.3, 0.4) is 0 Å². The van der Waals surface area contributed by atoms with Crippen LogP contribution in [0.1, 0.15) is 40.0 Å². The number of hydrogen-bond acceptors (Lipinski definition) is 3. The van der Waals surface area contributed by atoms with Crippen molar-refractivity contribution in [3.05, 3.63) is 0 Å². The third kappa shape index (κ3) is 4.88. The van der Waals surface area contributed by atoms with Crippen LogP contribution < -0.4 is 5.32 Å². The fourth-order valence-electron chi connectivity index (χ4n) is 2.10. The summed E-state index contributed by atoms with van der Waals surface area (Å²) in [7, 11) is 0. The summed E-state index contributed by atoms with van der Waals surface area (Å²) < 4.78 is 0. The van der Waals surface area contributed by atoms with Gasteiger partial charge in [0.15, 0.2) is 0 Å². The van der Waals surface area contributed by atoms with Crippen molar-refractivity contribution in [1.29, 1.82) is 0 Å². The Balaban J connectivity index is 2.23. The van der Waals surface area contributed by atoms with E-state index in [-0.39, 0.29) is 0 Å². The number of aliphatic carboxylic acids is 1. The zero-order valence-corrected chi connectivity index (χ0v) is 12.0. The number of rotatable bonds is 6. The molecule has 0 spiro atoms. The highest BCUT2D eigenvalue weighted by atomic mass is 32.2. The molecule has 2 N–H and O–H groups in total. The Morgan fingerprint density at radius 3 is 2.59 bits per heavy atom. The molecule has 17 heavy (non-hydrogen) atoms. The number of carboxylic acids is 1. The molecule has 100 valence electrons. The molecule has 1 aliphatic rings. The topological polar surface area (TPSA) is 49.3 Å². The van der Waals surface area contributed by atoms with Crippen molar-refractivity contribution in [3.8, 4) is 0 Å². The van der Waals surface area contributed by atoms with Crippen LogP contribution in [-0.2, 0) is 4.79 Å². The lowest BCUT2D eigenvalue weighted by Crippen LogP contribution is -2.38. The van der Waals surface area contributed by atoms with Crippen molar-refractivity contribution in [2.45, 2.75) is 46.1 Å². The molecule has 0 saturated carbocycles. The summed E-state index contributed by atoms with van der Waals surface area (Å²) in [5.74, 6) is 2.61. The highest BCUT2D eigenvalue weighted by molar-refractivity contribution is 7.99. The van der Waals surface area contributed by atoms with E-state index in [1.807, 2.05) is 11.8 Å². The van der Waals surface area contributed by atoms with Gasteiger partial charge in [0, 0.05) is 6.04 Å². The molecule has 0 bridgehead atoms. The van der Waals surface area contributed by atoms with Crippen molar-refractivity contribution >= 4 is 17.7 Å². The maximum atomic E-state index is 11.0. The van der Waals surface area contributed by atoms with Crippen molar-refractivity contribution in [2.75, 3.05) is 18.1 Å². The van der Waals surface area contributed by atoms with Gasteiger partial charge in [-0.25, -0.2) is 0 Å². The van der Waals surface area contributed by atoms with Crippen LogP contribution in [0, 0.1) is 11.3 Å². The van der Waals surface area contributed by atoms with Gasteiger partial charge < -0.3 is 10.4 Å². The van der Waals surface area contributed by atoms with Crippen molar-refractivity contribution in [1.82, 2.24) is 5.32 Å². The Bertz CT molecular complexity index is 250. The van der Waals surface area contributed by atoms with Crippen LogP contribution in [0.25, 0.3) is 0 Å². The van der Waals surface area contributed by atoms with E-state index >= 15 is 0 Å². The Morgan fingerprint density at radius 1 is 1.47 bits per heavy atom. The zero-order chi connectivity index (χ0) is 12.9. The molecule has 0 aliphatic carbocycles. The predicted octanol–water partition coefficient (Wildman–Crippen LogP) is 2.61. The highest BCUT2D eigenvalue weighted by Crippen LogP contribution is 2.25. The molecule has 1 saturated heterocycles. The van der Waals surface area contributed by atoms with Gasteiger partial charge >= 0.3 is 5.97 Å². The fourth-order valence-corrected chi connectivity index (χ4v) is 3.24. The second-order valence-electron chi connectivity index (χ2n) is 5.63. The predicted molar refractivity (Wildman–Crippen MR) is 73.5 cm³/mol. The van der Waals surface area contributed by atoms with Gasteiger partial charge in [-0.1, -0.05) is 0 Å². The molecular weight excluding hydrogens is 234 g/mol. The van der Waals surface area contributed by atoms with Gasteiger partial charge in [-0.05, 0) is 64.0 Å². The minimum absolute atomic E-state index is 0.514.